The molecule has 0 heterocycles. The lowest BCUT2D eigenvalue weighted by Crippen LogP contribution is -2.27. The van der Waals surface area contributed by atoms with Gasteiger partial charge in [-0.2, -0.15) is 0 Å². The fraction of sp³-hybridized carbons (Fsp3) is 1.00. The molecule has 0 aromatic heterocycles. The summed E-state index contributed by atoms with van der Waals surface area (Å²) in [6.07, 6.45) is 47.2. The Labute approximate surface area is 358 Å². The van der Waals surface area contributed by atoms with E-state index >= 15 is 0 Å². The molecule has 0 aromatic carbocycles. The molecule has 2 fully saturated rings. The van der Waals surface area contributed by atoms with Crippen molar-refractivity contribution in [2.75, 3.05) is 0 Å². The third-order valence-electron chi connectivity index (χ3n) is 15.9. The van der Waals surface area contributed by atoms with Gasteiger partial charge in [0.2, 0.25) is 0 Å². The smallest absolute Gasteiger partial charge is 0.0360 e. The van der Waals surface area contributed by atoms with Crippen molar-refractivity contribution in [1.29, 1.82) is 0 Å². The summed E-state index contributed by atoms with van der Waals surface area (Å²) in [5.74, 6) is 11.7. The maximum atomic E-state index is 2.62. The highest BCUT2D eigenvalue weighted by molar-refractivity contribution is 4.82. The maximum Gasteiger partial charge on any atom is -0.0360 e. The van der Waals surface area contributed by atoms with Gasteiger partial charge in [0.15, 0.2) is 0 Å². The van der Waals surface area contributed by atoms with Crippen molar-refractivity contribution < 1.29 is 0 Å². The molecule has 336 valence electrons. The summed E-state index contributed by atoms with van der Waals surface area (Å²) < 4.78 is 0. The topological polar surface area (TPSA) is 0 Å². The van der Waals surface area contributed by atoms with Gasteiger partial charge in [0.05, 0.1) is 0 Å². The minimum Gasteiger partial charge on any atom is -0.0654 e. The summed E-state index contributed by atoms with van der Waals surface area (Å²) in [6.45, 7) is 29.1. The van der Waals surface area contributed by atoms with Gasteiger partial charge >= 0.3 is 0 Å². The van der Waals surface area contributed by atoms with Crippen LogP contribution in [0.2, 0.25) is 0 Å². The zero-order valence-corrected chi connectivity index (χ0v) is 41.6. The van der Waals surface area contributed by atoms with Crippen LogP contribution in [-0.2, 0) is 0 Å². The summed E-state index contributed by atoms with van der Waals surface area (Å²) in [6, 6.07) is 0. The lowest BCUT2D eigenvalue weighted by molar-refractivity contribution is 0.134. The molecule has 0 aliphatic heterocycles. The zero-order valence-electron chi connectivity index (χ0n) is 41.6. The first-order valence-electron chi connectivity index (χ1n) is 27.0. The highest BCUT2D eigenvalue weighted by Gasteiger charge is 2.31. The molecule has 56 heavy (non-hydrogen) atoms. The second-order valence-electron chi connectivity index (χ2n) is 21.7. The van der Waals surface area contributed by atoms with Crippen LogP contribution in [0.25, 0.3) is 0 Å². The Morgan fingerprint density at radius 1 is 0.375 bits per heavy atom. The lowest BCUT2D eigenvalue weighted by Gasteiger charge is -2.37. The summed E-state index contributed by atoms with van der Waals surface area (Å²) in [7, 11) is 0. The average molecular weight is 786 g/mol. The molecule has 0 saturated heterocycles. The number of hydrogen-bond donors (Lipinski definition) is 0. The third kappa shape index (κ3) is 24.3. The molecule has 0 amide bonds. The van der Waals surface area contributed by atoms with E-state index < -0.39 is 0 Å². The van der Waals surface area contributed by atoms with Crippen LogP contribution in [0, 0.1) is 71.0 Å². The van der Waals surface area contributed by atoms with E-state index in [1.807, 2.05) is 0 Å². The highest BCUT2D eigenvalue weighted by Crippen LogP contribution is 2.43. The van der Waals surface area contributed by atoms with Gasteiger partial charge in [0.1, 0.15) is 0 Å². The van der Waals surface area contributed by atoms with Crippen molar-refractivity contribution in [2.24, 2.45) is 71.0 Å². The van der Waals surface area contributed by atoms with E-state index in [0.717, 1.165) is 71.0 Å². The van der Waals surface area contributed by atoms with Crippen LogP contribution in [-0.4, -0.2) is 0 Å². The molecular formula is C56H112. The standard InChI is InChI=1S/C30H60.C26H52/c1-9-13-30-26(8)19-21-28(20-18-25(7)10-2)27(15-11-14-23(3)4)16-12-17-29(30)22-24(5)6;1-5-9-11-17-25-21-13-19-23(15-7-3)24(16-8-4)20-14-22-26(25)18-12-10-6-2/h23-30H,9-22H2,1-8H3;23-26H,5-22H2,1-4H3. The van der Waals surface area contributed by atoms with Crippen LogP contribution in [0.3, 0.4) is 0 Å². The fourth-order valence-electron chi connectivity index (χ4n) is 12.3. The first kappa shape index (κ1) is 54.0. The predicted octanol–water partition coefficient (Wildman–Crippen LogP) is 20.1. The van der Waals surface area contributed by atoms with Crippen molar-refractivity contribution >= 4 is 0 Å². The molecule has 0 nitrogen and oxygen atoms in total. The van der Waals surface area contributed by atoms with E-state index in [1.165, 1.54) is 193 Å². The molecule has 0 radical (unpaired) electrons. The first-order chi connectivity index (χ1) is 27.0. The molecule has 0 spiro atoms. The highest BCUT2D eigenvalue weighted by atomic mass is 14.4. The Bertz CT molecular complexity index is 794. The van der Waals surface area contributed by atoms with E-state index in [9.17, 15) is 0 Å². The van der Waals surface area contributed by atoms with Gasteiger partial charge < -0.3 is 0 Å². The molecule has 0 heteroatoms. The van der Waals surface area contributed by atoms with Crippen LogP contribution in [0.4, 0.5) is 0 Å². The van der Waals surface area contributed by atoms with Crippen LogP contribution in [0.5, 0.6) is 0 Å². The molecule has 0 bridgehead atoms. The van der Waals surface area contributed by atoms with Gasteiger partial charge in [0, 0.05) is 0 Å². The van der Waals surface area contributed by atoms with E-state index in [-0.39, 0.29) is 0 Å². The quantitative estimate of drug-likeness (QED) is 0.0855. The normalized spacial score (nSPS) is 29.1. The van der Waals surface area contributed by atoms with E-state index in [0.29, 0.717) is 0 Å². The van der Waals surface area contributed by atoms with Crippen LogP contribution in [0.15, 0.2) is 0 Å². The Morgan fingerprint density at radius 3 is 1.21 bits per heavy atom. The summed E-state index contributed by atoms with van der Waals surface area (Å²) in [4.78, 5) is 0. The van der Waals surface area contributed by atoms with Gasteiger partial charge in [0.25, 0.3) is 0 Å². The van der Waals surface area contributed by atoms with Gasteiger partial charge in [-0.15, -0.1) is 0 Å². The van der Waals surface area contributed by atoms with E-state index in [2.05, 4.69) is 83.1 Å². The van der Waals surface area contributed by atoms with Gasteiger partial charge in [-0.1, -0.05) is 269 Å². The largest absolute Gasteiger partial charge is 0.0654 e. The predicted molar refractivity (Wildman–Crippen MR) is 258 cm³/mol. The van der Waals surface area contributed by atoms with Crippen molar-refractivity contribution in [1.82, 2.24) is 0 Å². The summed E-state index contributed by atoms with van der Waals surface area (Å²) in [5, 5.41) is 0. The number of rotatable bonds is 24. The molecule has 10 atom stereocenters. The fourth-order valence-corrected chi connectivity index (χ4v) is 12.3. The Hall–Kier alpha value is 0. The van der Waals surface area contributed by atoms with Crippen molar-refractivity contribution in [3.8, 4) is 0 Å². The Morgan fingerprint density at radius 2 is 0.804 bits per heavy atom. The van der Waals surface area contributed by atoms with Gasteiger partial charge in [-0.05, 0) is 90.3 Å². The molecule has 2 aliphatic carbocycles. The monoisotopic (exact) mass is 785 g/mol. The second kappa shape index (κ2) is 34.7. The minimum absolute atomic E-state index is 0.856. The molecular weight excluding hydrogens is 673 g/mol. The molecule has 2 saturated carbocycles. The van der Waals surface area contributed by atoms with E-state index in [4.69, 9.17) is 0 Å². The summed E-state index contributed by atoms with van der Waals surface area (Å²) >= 11 is 0. The van der Waals surface area contributed by atoms with Crippen LogP contribution in [0.1, 0.15) is 289 Å². The summed E-state index contributed by atoms with van der Waals surface area (Å²) in [5.41, 5.74) is 0. The first-order valence-corrected chi connectivity index (χ1v) is 27.0. The molecule has 0 N–H and O–H groups in total. The molecule has 2 aliphatic rings. The Balaban J connectivity index is 0.000000566. The zero-order chi connectivity index (χ0) is 41.6. The van der Waals surface area contributed by atoms with E-state index in [1.54, 1.807) is 12.8 Å². The van der Waals surface area contributed by atoms with Crippen molar-refractivity contribution in [2.45, 2.75) is 289 Å². The number of hydrogen-bond acceptors (Lipinski definition) is 0. The molecule has 10 unspecified atom stereocenters. The number of unbranched alkanes of at least 4 members (excludes halogenated alkanes) is 4. The SMILES string of the molecule is CCCC1C(C)CCC(CCC(C)CC)C(CCCC(C)C)CCCC1CC(C)C.CCCCCC1CCCC(CCC)C(CCC)CCCC1CCCCC. The minimum atomic E-state index is 0.856. The average Bonchev–Trinajstić information content (AvgIpc) is 3.16. The molecule has 0 aromatic rings. The van der Waals surface area contributed by atoms with Crippen LogP contribution < -0.4 is 0 Å². The third-order valence-corrected chi connectivity index (χ3v) is 15.9. The van der Waals surface area contributed by atoms with Crippen LogP contribution >= 0.6 is 0 Å². The second-order valence-corrected chi connectivity index (χ2v) is 21.7. The maximum absolute atomic E-state index is 2.62. The molecule has 2 rings (SSSR count). The van der Waals surface area contributed by atoms with Crippen molar-refractivity contribution in [3.05, 3.63) is 0 Å². The van der Waals surface area contributed by atoms with Gasteiger partial charge in [-0.25, -0.2) is 0 Å². The van der Waals surface area contributed by atoms with Crippen molar-refractivity contribution in [3.63, 3.8) is 0 Å². The van der Waals surface area contributed by atoms with Gasteiger partial charge in [-0.3, -0.25) is 0 Å². The Kier molecular flexibility index (Phi) is 33.5. The lowest BCUT2D eigenvalue weighted by atomic mass is 9.68.